The van der Waals surface area contributed by atoms with Crippen molar-refractivity contribution in [3.8, 4) is 0 Å². The van der Waals surface area contributed by atoms with Crippen molar-refractivity contribution in [2.45, 2.75) is 31.6 Å². The predicted molar refractivity (Wildman–Crippen MR) is 60.4 cm³/mol. The molecule has 0 aliphatic heterocycles. The molecular weight excluding hydrogens is 227 g/mol. The molecule has 2 rings (SSSR count). The number of rotatable bonds is 3. The molecule has 1 aliphatic rings. The molecule has 1 N–H and O–H groups in total. The summed E-state index contributed by atoms with van der Waals surface area (Å²) in [6, 6.07) is 5.74. The Morgan fingerprint density at radius 2 is 1.65 bits per heavy atom. The highest BCUT2D eigenvalue weighted by atomic mass is 19.4. The molecular formula is C13H14F3N. The summed E-state index contributed by atoms with van der Waals surface area (Å²) >= 11 is 0. The van der Waals surface area contributed by atoms with E-state index in [1.807, 2.05) is 0 Å². The van der Waals surface area contributed by atoms with Gasteiger partial charge in [0.15, 0.2) is 0 Å². The molecule has 1 nitrogen and oxygen atoms in total. The lowest BCUT2D eigenvalue weighted by Crippen LogP contribution is -2.25. The van der Waals surface area contributed by atoms with E-state index in [4.69, 9.17) is 0 Å². The van der Waals surface area contributed by atoms with E-state index in [9.17, 15) is 13.2 Å². The van der Waals surface area contributed by atoms with Crippen molar-refractivity contribution in [2.24, 2.45) is 0 Å². The van der Waals surface area contributed by atoms with Gasteiger partial charge in [0.05, 0.1) is 5.56 Å². The van der Waals surface area contributed by atoms with Gasteiger partial charge in [-0.2, -0.15) is 13.2 Å². The SMILES string of the molecule is FC(F)(F)c1ccc(CNC2CC=CC2)cc1. The van der Waals surface area contributed by atoms with Gasteiger partial charge in [0, 0.05) is 12.6 Å². The van der Waals surface area contributed by atoms with Gasteiger partial charge in [-0.25, -0.2) is 0 Å². The Kier molecular flexibility index (Phi) is 3.52. The summed E-state index contributed by atoms with van der Waals surface area (Å²) in [5, 5.41) is 3.31. The Morgan fingerprint density at radius 1 is 1.06 bits per heavy atom. The molecule has 0 unspecified atom stereocenters. The Morgan fingerprint density at radius 3 is 2.18 bits per heavy atom. The van der Waals surface area contributed by atoms with Crippen LogP contribution in [0.3, 0.4) is 0 Å². The first kappa shape index (κ1) is 12.2. The molecule has 17 heavy (non-hydrogen) atoms. The van der Waals surface area contributed by atoms with E-state index in [-0.39, 0.29) is 0 Å². The van der Waals surface area contributed by atoms with Crippen molar-refractivity contribution in [1.82, 2.24) is 5.32 Å². The van der Waals surface area contributed by atoms with Gasteiger partial charge < -0.3 is 5.32 Å². The molecule has 1 aromatic rings. The Balaban J connectivity index is 1.89. The van der Waals surface area contributed by atoms with Gasteiger partial charge in [-0.3, -0.25) is 0 Å². The minimum atomic E-state index is -4.25. The third kappa shape index (κ3) is 3.33. The van der Waals surface area contributed by atoms with Gasteiger partial charge in [0.25, 0.3) is 0 Å². The minimum absolute atomic E-state index is 0.428. The van der Waals surface area contributed by atoms with Crippen LogP contribution in [0.15, 0.2) is 36.4 Å². The maximum atomic E-state index is 12.3. The number of hydrogen-bond acceptors (Lipinski definition) is 1. The van der Waals surface area contributed by atoms with Crippen molar-refractivity contribution >= 4 is 0 Å². The zero-order valence-electron chi connectivity index (χ0n) is 9.30. The van der Waals surface area contributed by atoms with Crippen molar-refractivity contribution < 1.29 is 13.2 Å². The number of benzene rings is 1. The molecule has 0 aromatic heterocycles. The Hall–Kier alpha value is -1.29. The van der Waals surface area contributed by atoms with Crippen LogP contribution < -0.4 is 5.32 Å². The third-order valence-electron chi connectivity index (χ3n) is 2.88. The van der Waals surface area contributed by atoms with Crippen LogP contribution in [0.5, 0.6) is 0 Å². The number of hydrogen-bond donors (Lipinski definition) is 1. The lowest BCUT2D eigenvalue weighted by molar-refractivity contribution is -0.137. The van der Waals surface area contributed by atoms with Crippen LogP contribution in [0, 0.1) is 0 Å². The van der Waals surface area contributed by atoms with E-state index in [0.29, 0.717) is 12.6 Å². The van der Waals surface area contributed by atoms with Gasteiger partial charge in [-0.1, -0.05) is 24.3 Å². The summed E-state index contributed by atoms with van der Waals surface area (Å²) in [6.07, 6.45) is 1.98. The lowest BCUT2D eigenvalue weighted by atomic mass is 10.1. The molecule has 0 fully saturated rings. The minimum Gasteiger partial charge on any atom is -0.309 e. The van der Waals surface area contributed by atoms with E-state index >= 15 is 0 Å². The summed E-state index contributed by atoms with van der Waals surface area (Å²) < 4.78 is 37.0. The first-order chi connectivity index (χ1) is 8.05. The van der Waals surface area contributed by atoms with Crippen LogP contribution in [0.25, 0.3) is 0 Å². The molecule has 0 heterocycles. The predicted octanol–water partition coefficient (Wildman–Crippen LogP) is 3.51. The molecule has 0 saturated carbocycles. The van der Waals surface area contributed by atoms with Crippen LogP contribution in [0.1, 0.15) is 24.0 Å². The number of halogens is 3. The second kappa shape index (κ2) is 4.92. The molecule has 0 radical (unpaired) electrons. The summed E-state index contributed by atoms with van der Waals surface area (Å²) in [5.41, 5.74) is 0.286. The van der Waals surface area contributed by atoms with Crippen LogP contribution in [0.2, 0.25) is 0 Å². The second-order valence-corrected chi connectivity index (χ2v) is 4.22. The smallest absolute Gasteiger partial charge is 0.309 e. The lowest BCUT2D eigenvalue weighted by Gasteiger charge is -2.12. The monoisotopic (exact) mass is 241 g/mol. The highest BCUT2D eigenvalue weighted by molar-refractivity contribution is 5.24. The first-order valence-electron chi connectivity index (χ1n) is 5.60. The average molecular weight is 241 g/mol. The molecule has 0 atom stereocenters. The van der Waals surface area contributed by atoms with Crippen LogP contribution in [-0.4, -0.2) is 6.04 Å². The van der Waals surface area contributed by atoms with Crippen molar-refractivity contribution in [3.63, 3.8) is 0 Å². The zero-order valence-corrected chi connectivity index (χ0v) is 9.30. The van der Waals surface area contributed by atoms with Crippen molar-refractivity contribution in [2.75, 3.05) is 0 Å². The van der Waals surface area contributed by atoms with E-state index in [2.05, 4.69) is 17.5 Å². The fourth-order valence-electron chi connectivity index (χ4n) is 1.86. The van der Waals surface area contributed by atoms with Crippen LogP contribution in [0.4, 0.5) is 13.2 Å². The summed E-state index contributed by atoms with van der Waals surface area (Å²) in [4.78, 5) is 0. The summed E-state index contributed by atoms with van der Waals surface area (Å²) in [5.74, 6) is 0. The topological polar surface area (TPSA) is 12.0 Å². The summed E-state index contributed by atoms with van der Waals surface area (Å²) in [7, 11) is 0. The fourth-order valence-corrected chi connectivity index (χ4v) is 1.86. The maximum Gasteiger partial charge on any atom is 0.416 e. The number of nitrogens with one attached hydrogen (secondary N) is 1. The zero-order chi connectivity index (χ0) is 12.3. The van der Waals surface area contributed by atoms with Gasteiger partial charge in [0.1, 0.15) is 0 Å². The van der Waals surface area contributed by atoms with E-state index in [0.717, 1.165) is 30.5 Å². The maximum absolute atomic E-state index is 12.3. The van der Waals surface area contributed by atoms with E-state index in [1.165, 1.54) is 12.1 Å². The molecule has 0 bridgehead atoms. The molecule has 0 saturated heterocycles. The number of alkyl halides is 3. The first-order valence-corrected chi connectivity index (χ1v) is 5.60. The third-order valence-corrected chi connectivity index (χ3v) is 2.88. The fraction of sp³-hybridized carbons (Fsp3) is 0.385. The van der Waals surface area contributed by atoms with Crippen molar-refractivity contribution in [1.29, 1.82) is 0 Å². The molecule has 1 aliphatic carbocycles. The van der Waals surface area contributed by atoms with Crippen LogP contribution >= 0.6 is 0 Å². The molecule has 4 heteroatoms. The quantitative estimate of drug-likeness (QED) is 0.798. The standard InChI is InChI=1S/C13H14F3N/c14-13(15,16)11-7-5-10(6-8-11)9-17-12-3-1-2-4-12/h1-2,5-8,12,17H,3-4,9H2. The van der Waals surface area contributed by atoms with Gasteiger partial charge in [-0.15, -0.1) is 0 Å². The van der Waals surface area contributed by atoms with Gasteiger partial charge >= 0.3 is 6.18 Å². The molecule has 1 aromatic carbocycles. The van der Waals surface area contributed by atoms with Crippen LogP contribution in [-0.2, 0) is 12.7 Å². The van der Waals surface area contributed by atoms with Gasteiger partial charge in [0.2, 0.25) is 0 Å². The molecule has 0 amide bonds. The van der Waals surface area contributed by atoms with E-state index in [1.54, 1.807) is 0 Å². The van der Waals surface area contributed by atoms with Crippen molar-refractivity contribution in [3.05, 3.63) is 47.5 Å². The highest BCUT2D eigenvalue weighted by Gasteiger charge is 2.29. The largest absolute Gasteiger partial charge is 0.416 e. The Labute approximate surface area is 98.3 Å². The van der Waals surface area contributed by atoms with E-state index < -0.39 is 11.7 Å². The second-order valence-electron chi connectivity index (χ2n) is 4.22. The average Bonchev–Trinajstić information content (AvgIpc) is 2.78. The molecule has 92 valence electrons. The highest BCUT2D eigenvalue weighted by Crippen LogP contribution is 2.29. The molecule has 0 spiro atoms. The van der Waals surface area contributed by atoms with Gasteiger partial charge in [-0.05, 0) is 30.5 Å². The normalized spacial score (nSPS) is 16.6. The summed E-state index contributed by atoms with van der Waals surface area (Å²) in [6.45, 7) is 0.616. The Bertz CT molecular complexity index is 384.